The van der Waals surface area contributed by atoms with E-state index < -0.39 is 78.4 Å². The lowest BCUT2D eigenvalue weighted by atomic mass is 9.99. The maximum atomic E-state index is 14.2. The zero-order chi connectivity index (χ0) is 38.7. The fraction of sp³-hybridized carbons (Fsp3) is 0.459. The maximum Gasteiger partial charge on any atom is 0.327 e. The zero-order valence-corrected chi connectivity index (χ0v) is 30.7. The minimum absolute atomic E-state index is 0.0409. The molecule has 15 nitrogen and oxygen atoms in total. The number of carboxylic acid groups (broad SMARTS) is 1. The van der Waals surface area contributed by atoms with Gasteiger partial charge in [-0.15, -0.1) is 0 Å². The van der Waals surface area contributed by atoms with Crippen molar-refractivity contribution in [1.82, 2.24) is 31.2 Å². The highest BCUT2D eigenvalue weighted by Gasteiger charge is 2.40. The van der Waals surface area contributed by atoms with E-state index in [2.05, 4.69) is 38.9 Å². The van der Waals surface area contributed by atoms with Crippen molar-refractivity contribution in [2.45, 2.75) is 82.2 Å². The van der Waals surface area contributed by atoms with Gasteiger partial charge in [-0.05, 0) is 42.4 Å². The molecule has 6 atom stereocenters. The summed E-state index contributed by atoms with van der Waals surface area (Å²) in [6, 6.07) is 9.50. The molecule has 16 heteroatoms. The first-order valence-electron chi connectivity index (χ1n) is 17.6. The highest BCUT2D eigenvalue weighted by molar-refractivity contribution is 7.80. The summed E-state index contributed by atoms with van der Waals surface area (Å²) < 4.78 is 0. The number of benzene rings is 2. The van der Waals surface area contributed by atoms with Crippen LogP contribution in [0, 0.1) is 5.92 Å². The standard InChI is InChI=1S/C37H49N7O8S/c1-21(2)15-27(41-34(48)28(40-32(46)25(38)19-45)17-23-18-39-26-12-7-6-11-24(23)26)33(47)42-29(16-22-9-4-3-5-10-22)36(50)44-14-8-13-31(44)35(49)43-30(20-53)37(51)52/h3-7,9-12,18,21,25,27-31,39,45,53H,8,13-17,19-20,38H2,1-2H3,(H,40,46)(H,41,48)(H,42,47)(H,43,49)(H,51,52)/t25-,27-,28-,29-,30-,31-/m0/s1. The predicted octanol–water partition coefficient (Wildman–Crippen LogP) is 0.263. The van der Waals surface area contributed by atoms with Crippen LogP contribution >= 0.6 is 12.6 Å². The van der Waals surface area contributed by atoms with Crippen molar-refractivity contribution >= 4 is 59.0 Å². The molecule has 4 rings (SSSR count). The number of H-pyrrole nitrogens is 1. The number of amides is 5. The average molecular weight is 752 g/mol. The summed E-state index contributed by atoms with van der Waals surface area (Å²) in [5.41, 5.74) is 8.05. The summed E-state index contributed by atoms with van der Waals surface area (Å²) in [6.07, 6.45) is 2.82. The SMILES string of the molecule is CC(C)C[C@H](NC(=O)[C@H](Cc1c[nH]c2ccccc12)NC(=O)[C@@H](N)CO)C(=O)N[C@@H](Cc1ccccc1)C(=O)N1CCC[C@H]1C(=O)N[C@@H](CS)C(=O)O. The Labute approximate surface area is 313 Å². The Morgan fingerprint density at radius 3 is 2.17 bits per heavy atom. The van der Waals surface area contributed by atoms with Crippen molar-refractivity contribution in [3.63, 3.8) is 0 Å². The number of nitrogens with one attached hydrogen (secondary N) is 5. The maximum absolute atomic E-state index is 14.2. The van der Waals surface area contributed by atoms with Gasteiger partial charge < -0.3 is 47.1 Å². The Morgan fingerprint density at radius 1 is 0.868 bits per heavy atom. The van der Waals surface area contributed by atoms with E-state index in [1.807, 2.05) is 44.2 Å². The first-order valence-corrected chi connectivity index (χ1v) is 18.3. The zero-order valence-electron chi connectivity index (χ0n) is 29.8. The molecule has 1 aliphatic rings. The molecule has 286 valence electrons. The predicted molar refractivity (Wildman–Crippen MR) is 201 cm³/mol. The van der Waals surface area contributed by atoms with Crippen LogP contribution in [0.1, 0.15) is 44.2 Å². The van der Waals surface area contributed by atoms with Crippen LogP contribution in [-0.2, 0) is 41.6 Å². The molecule has 1 aromatic heterocycles. The number of carbonyl (C=O) groups is 6. The van der Waals surface area contributed by atoms with E-state index in [1.54, 1.807) is 30.5 Å². The minimum Gasteiger partial charge on any atom is -0.480 e. The van der Waals surface area contributed by atoms with Crippen LogP contribution in [0.25, 0.3) is 10.9 Å². The summed E-state index contributed by atoms with van der Waals surface area (Å²) in [4.78, 5) is 84.3. The molecule has 9 N–H and O–H groups in total. The molecular weight excluding hydrogens is 703 g/mol. The van der Waals surface area contributed by atoms with Crippen LogP contribution in [-0.4, -0.2) is 111 Å². The van der Waals surface area contributed by atoms with Gasteiger partial charge in [-0.2, -0.15) is 12.6 Å². The number of hydrogen-bond acceptors (Lipinski definition) is 9. The summed E-state index contributed by atoms with van der Waals surface area (Å²) in [5.74, 6) is -4.71. The summed E-state index contributed by atoms with van der Waals surface area (Å²) in [5, 5.41) is 30.4. The number of thiol groups is 1. The van der Waals surface area contributed by atoms with Crippen molar-refractivity contribution in [1.29, 1.82) is 0 Å². The molecule has 0 spiro atoms. The van der Waals surface area contributed by atoms with Gasteiger partial charge in [-0.1, -0.05) is 62.4 Å². The van der Waals surface area contributed by atoms with Crippen LogP contribution < -0.4 is 27.0 Å². The first-order chi connectivity index (χ1) is 25.3. The number of nitrogens with zero attached hydrogens (tertiary/aromatic N) is 1. The Hall–Kier alpha value is -4.93. The minimum atomic E-state index is -1.28. The van der Waals surface area contributed by atoms with Gasteiger partial charge in [0.05, 0.1) is 6.61 Å². The monoisotopic (exact) mass is 751 g/mol. The van der Waals surface area contributed by atoms with Crippen LogP contribution in [0.4, 0.5) is 0 Å². The number of rotatable bonds is 18. The van der Waals surface area contributed by atoms with Gasteiger partial charge in [0.1, 0.15) is 36.3 Å². The second kappa shape index (κ2) is 19.2. The highest BCUT2D eigenvalue weighted by atomic mass is 32.1. The quantitative estimate of drug-likeness (QED) is 0.0810. The van der Waals surface area contributed by atoms with Crippen LogP contribution in [0.15, 0.2) is 60.8 Å². The number of aliphatic hydroxyl groups excluding tert-OH is 1. The van der Waals surface area contributed by atoms with E-state index in [4.69, 9.17) is 5.73 Å². The molecule has 1 saturated heterocycles. The molecule has 2 heterocycles. The Balaban J connectivity index is 1.58. The molecule has 2 aromatic carbocycles. The molecule has 1 aliphatic heterocycles. The number of para-hydroxylation sites is 1. The summed E-state index contributed by atoms with van der Waals surface area (Å²) in [6.45, 7) is 3.31. The van der Waals surface area contributed by atoms with E-state index in [1.165, 1.54) is 4.90 Å². The van der Waals surface area contributed by atoms with Gasteiger partial charge in [0.25, 0.3) is 0 Å². The smallest absolute Gasteiger partial charge is 0.327 e. The van der Waals surface area contributed by atoms with Crippen molar-refractivity contribution in [2.24, 2.45) is 11.7 Å². The fourth-order valence-electron chi connectivity index (χ4n) is 6.35. The molecule has 0 unspecified atom stereocenters. The Kier molecular flexibility index (Phi) is 14.8. The Bertz CT molecular complexity index is 1750. The van der Waals surface area contributed by atoms with Gasteiger partial charge in [0.2, 0.25) is 29.5 Å². The fourth-order valence-corrected chi connectivity index (χ4v) is 6.59. The van der Waals surface area contributed by atoms with E-state index in [9.17, 15) is 39.0 Å². The van der Waals surface area contributed by atoms with Crippen LogP contribution in [0.3, 0.4) is 0 Å². The van der Waals surface area contributed by atoms with Gasteiger partial charge in [0, 0.05) is 42.2 Å². The van der Waals surface area contributed by atoms with E-state index in [-0.39, 0.29) is 37.5 Å². The second-order valence-corrected chi connectivity index (χ2v) is 14.0. The summed E-state index contributed by atoms with van der Waals surface area (Å²) in [7, 11) is 0. The first kappa shape index (κ1) is 40.8. The van der Waals surface area contributed by atoms with Gasteiger partial charge >= 0.3 is 5.97 Å². The van der Waals surface area contributed by atoms with E-state index >= 15 is 0 Å². The van der Waals surface area contributed by atoms with E-state index in [0.717, 1.165) is 22.0 Å². The number of aliphatic carboxylic acids is 1. The van der Waals surface area contributed by atoms with Crippen molar-refractivity contribution in [3.05, 3.63) is 71.9 Å². The number of aromatic nitrogens is 1. The number of fused-ring (bicyclic) bond motifs is 1. The molecule has 0 saturated carbocycles. The molecule has 0 bridgehead atoms. The topological polar surface area (TPSA) is 236 Å². The largest absolute Gasteiger partial charge is 0.480 e. The molecule has 1 fully saturated rings. The van der Waals surface area contributed by atoms with Crippen LogP contribution in [0.5, 0.6) is 0 Å². The van der Waals surface area contributed by atoms with Gasteiger partial charge in [-0.3, -0.25) is 24.0 Å². The number of carbonyl (C=O) groups excluding carboxylic acids is 5. The number of aromatic amines is 1. The Morgan fingerprint density at radius 2 is 1.51 bits per heavy atom. The third-order valence-electron chi connectivity index (χ3n) is 9.14. The number of aliphatic hydroxyl groups is 1. The highest BCUT2D eigenvalue weighted by Crippen LogP contribution is 2.22. The number of carboxylic acids is 1. The molecule has 5 amide bonds. The lowest BCUT2D eigenvalue weighted by Gasteiger charge is -2.31. The number of likely N-dealkylation sites (tertiary alicyclic amines) is 1. The lowest BCUT2D eigenvalue weighted by molar-refractivity contribution is -0.144. The molecule has 53 heavy (non-hydrogen) atoms. The van der Waals surface area contributed by atoms with Gasteiger partial charge in [-0.25, -0.2) is 4.79 Å². The van der Waals surface area contributed by atoms with Crippen molar-refractivity contribution in [2.75, 3.05) is 18.9 Å². The molecule has 3 aromatic rings. The molecule has 0 radical (unpaired) electrons. The second-order valence-electron chi connectivity index (χ2n) is 13.6. The lowest BCUT2D eigenvalue weighted by Crippen LogP contribution is -2.60. The van der Waals surface area contributed by atoms with E-state index in [0.29, 0.717) is 12.8 Å². The number of hydrogen-bond donors (Lipinski definition) is 9. The normalized spacial score (nSPS) is 17.0. The average Bonchev–Trinajstić information content (AvgIpc) is 3.80. The van der Waals surface area contributed by atoms with Crippen molar-refractivity contribution < 1.29 is 39.0 Å². The summed E-state index contributed by atoms with van der Waals surface area (Å²) >= 11 is 4.01. The third kappa shape index (κ3) is 11.0. The third-order valence-corrected chi connectivity index (χ3v) is 9.50. The molecule has 0 aliphatic carbocycles. The van der Waals surface area contributed by atoms with Gasteiger partial charge in [0.15, 0.2) is 0 Å². The van der Waals surface area contributed by atoms with Crippen LogP contribution in [0.2, 0.25) is 0 Å². The number of nitrogens with two attached hydrogens (primary N) is 1. The van der Waals surface area contributed by atoms with Crippen molar-refractivity contribution in [3.8, 4) is 0 Å². The molecular formula is C37H49N7O8S.